The number of amidine groups is 1. The van der Waals surface area contributed by atoms with Crippen molar-refractivity contribution in [2.45, 2.75) is 0 Å². The normalized spacial score (nSPS) is 10.1. The first-order valence-corrected chi connectivity index (χ1v) is 3.39. The zero-order valence-electron chi connectivity index (χ0n) is 6.69. The van der Waals surface area contributed by atoms with E-state index in [0.29, 0.717) is 5.56 Å². The molecule has 1 N–H and O–H groups in total. The highest BCUT2D eigenvalue weighted by Crippen LogP contribution is 1.96. The van der Waals surface area contributed by atoms with Gasteiger partial charge in [-0.2, -0.15) is 0 Å². The molecule has 0 spiro atoms. The lowest BCUT2D eigenvalue weighted by Gasteiger charge is -1.94. The number of nitrogens with one attached hydrogen (secondary N) is 1. The lowest BCUT2D eigenvalue weighted by atomic mass is 10.3. The molecule has 0 amide bonds. The minimum absolute atomic E-state index is 0.143. The average molecular weight is 163 g/mol. The molecular formula is C8H9N3O. The molecule has 62 valence electrons. The van der Waals surface area contributed by atoms with E-state index in [4.69, 9.17) is 5.41 Å². The van der Waals surface area contributed by atoms with Gasteiger partial charge in [0.1, 0.15) is 0 Å². The minimum Gasteiger partial charge on any atom is -0.486 e. The van der Waals surface area contributed by atoms with Gasteiger partial charge in [-0.05, 0) is 12.1 Å². The van der Waals surface area contributed by atoms with Crippen LogP contribution in [0.15, 0.2) is 29.5 Å². The first-order chi connectivity index (χ1) is 5.84. The lowest BCUT2D eigenvalue weighted by Crippen LogP contribution is -1.96. The van der Waals surface area contributed by atoms with Crippen LogP contribution in [0.4, 0.5) is 0 Å². The van der Waals surface area contributed by atoms with Crippen molar-refractivity contribution < 1.29 is 4.74 Å². The van der Waals surface area contributed by atoms with Crippen molar-refractivity contribution in [1.29, 1.82) is 5.41 Å². The van der Waals surface area contributed by atoms with E-state index in [-0.39, 0.29) is 5.84 Å². The number of pyridine rings is 1. The molecular weight excluding hydrogens is 154 g/mol. The fourth-order valence-corrected chi connectivity index (χ4v) is 0.683. The molecule has 4 nitrogen and oxygen atoms in total. The Hall–Kier alpha value is -1.71. The van der Waals surface area contributed by atoms with E-state index in [0.717, 1.165) is 0 Å². The van der Waals surface area contributed by atoms with Gasteiger partial charge in [-0.3, -0.25) is 10.4 Å². The highest BCUT2D eigenvalue weighted by molar-refractivity contribution is 5.99. The van der Waals surface area contributed by atoms with Gasteiger partial charge in [-0.1, -0.05) is 0 Å². The van der Waals surface area contributed by atoms with Crippen LogP contribution in [0.2, 0.25) is 0 Å². The SMILES string of the molecule is COC=NC(=N)c1cccnc1. The summed E-state index contributed by atoms with van der Waals surface area (Å²) >= 11 is 0. The van der Waals surface area contributed by atoms with Crippen molar-refractivity contribution in [3.8, 4) is 0 Å². The highest BCUT2D eigenvalue weighted by Gasteiger charge is 1.95. The average Bonchev–Trinajstić information content (AvgIpc) is 2.15. The molecule has 0 aliphatic heterocycles. The first kappa shape index (κ1) is 8.39. The highest BCUT2D eigenvalue weighted by atomic mass is 16.5. The standard InChI is InChI=1S/C8H9N3O/c1-12-6-11-8(9)7-3-2-4-10-5-7/h2-6,9H,1H3. The third-order valence-electron chi connectivity index (χ3n) is 1.22. The number of hydrogen-bond donors (Lipinski definition) is 1. The summed E-state index contributed by atoms with van der Waals surface area (Å²) in [5.41, 5.74) is 0.672. The van der Waals surface area contributed by atoms with E-state index in [9.17, 15) is 0 Å². The van der Waals surface area contributed by atoms with Gasteiger partial charge >= 0.3 is 0 Å². The van der Waals surface area contributed by atoms with Crippen LogP contribution in [0, 0.1) is 5.41 Å². The van der Waals surface area contributed by atoms with Crippen molar-refractivity contribution in [2.75, 3.05) is 7.11 Å². The summed E-state index contributed by atoms with van der Waals surface area (Å²) in [6.45, 7) is 0. The van der Waals surface area contributed by atoms with Crippen LogP contribution in [0.25, 0.3) is 0 Å². The number of hydrogen-bond acceptors (Lipinski definition) is 3. The molecule has 12 heavy (non-hydrogen) atoms. The molecule has 1 aromatic rings. The Kier molecular flexibility index (Phi) is 2.95. The van der Waals surface area contributed by atoms with Gasteiger partial charge in [-0.15, -0.1) is 0 Å². The maximum absolute atomic E-state index is 7.42. The number of aromatic nitrogens is 1. The summed E-state index contributed by atoms with van der Waals surface area (Å²) in [5, 5.41) is 7.42. The molecule has 1 rings (SSSR count). The second-order valence-electron chi connectivity index (χ2n) is 2.06. The molecule has 0 atom stereocenters. The van der Waals surface area contributed by atoms with Crippen molar-refractivity contribution in [3.05, 3.63) is 30.1 Å². The van der Waals surface area contributed by atoms with Gasteiger partial charge < -0.3 is 4.74 Å². The van der Waals surface area contributed by atoms with E-state index < -0.39 is 0 Å². The molecule has 0 aliphatic rings. The molecule has 0 unspecified atom stereocenters. The summed E-state index contributed by atoms with van der Waals surface area (Å²) in [7, 11) is 1.49. The summed E-state index contributed by atoms with van der Waals surface area (Å²) in [5.74, 6) is 0.143. The third-order valence-corrected chi connectivity index (χ3v) is 1.22. The van der Waals surface area contributed by atoms with E-state index in [2.05, 4.69) is 14.7 Å². The zero-order valence-corrected chi connectivity index (χ0v) is 6.69. The van der Waals surface area contributed by atoms with E-state index in [1.165, 1.54) is 13.5 Å². The number of methoxy groups -OCH3 is 1. The van der Waals surface area contributed by atoms with E-state index in [1.54, 1.807) is 24.5 Å². The number of rotatable bonds is 2. The molecule has 4 heteroatoms. The molecule has 0 aliphatic carbocycles. The molecule has 0 saturated heterocycles. The van der Waals surface area contributed by atoms with Crippen molar-refractivity contribution in [3.63, 3.8) is 0 Å². The van der Waals surface area contributed by atoms with Crippen molar-refractivity contribution in [2.24, 2.45) is 4.99 Å². The number of nitrogens with zero attached hydrogens (tertiary/aromatic N) is 2. The Balaban J connectivity index is 2.72. The first-order valence-electron chi connectivity index (χ1n) is 3.39. The summed E-state index contributed by atoms with van der Waals surface area (Å²) < 4.78 is 4.58. The Bertz CT molecular complexity index is 282. The van der Waals surface area contributed by atoms with Crippen LogP contribution in [-0.4, -0.2) is 24.3 Å². The van der Waals surface area contributed by atoms with E-state index >= 15 is 0 Å². The predicted octanol–water partition coefficient (Wildman–Crippen LogP) is 1.08. The maximum Gasteiger partial charge on any atom is 0.175 e. The Morgan fingerprint density at radius 1 is 1.75 bits per heavy atom. The monoisotopic (exact) mass is 163 g/mol. The molecule has 0 fully saturated rings. The molecule has 1 aromatic heterocycles. The quantitative estimate of drug-likeness (QED) is 0.524. The number of ether oxygens (including phenoxy) is 1. The molecule has 0 radical (unpaired) electrons. The van der Waals surface area contributed by atoms with Crippen LogP contribution in [0.5, 0.6) is 0 Å². The Morgan fingerprint density at radius 2 is 2.58 bits per heavy atom. The van der Waals surface area contributed by atoms with Crippen molar-refractivity contribution in [1.82, 2.24) is 4.98 Å². The van der Waals surface area contributed by atoms with Crippen molar-refractivity contribution >= 4 is 12.2 Å². The second-order valence-corrected chi connectivity index (χ2v) is 2.06. The predicted molar refractivity (Wildman–Crippen MR) is 46.6 cm³/mol. The van der Waals surface area contributed by atoms with Gasteiger partial charge in [0, 0.05) is 18.0 Å². The fraction of sp³-hybridized carbons (Fsp3) is 0.125. The maximum atomic E-state index is 7.42. The summed E-state index contributed by atoms with van der Waals surface area (Å²) in [6, 6.07) is 3.52. The van der Waals surface area contributed by atoms with Crippen LogP contribution < -0.4 is 0 Å². The van der Waals surface area contributed by atoms with Crippen LogP contribution in [0.1, 0.15) is 5.56 Å². The van der Waals surface area contributed by atoms with Crippen LogP contribution in [0.3, 0.4) is 0 Å². The van der Waals surface area contributed by atoms with Gasteiger partial charge in [0.25, 0.3) is 0 Å². The van der Waals surface area contributed by atoms with Gasteiger partial charge in [-0.25, -0.2) is 4.99 Å². The molecule has 0 aromatic carbocycles. The molecule has 0 saturated carbocycles. The van der Waals surface area contributed by atoms with Crippen LogP contribution >= 0.6 is 0 Å². The van der Waals surface area contributed by atoms with Gasteiger partial charge in [0.05, 0.1) is 7.11 Å². The number of aliphatic imine (C=N–C) groups is 1. The largest absolute Gasteiger partial charge is 0.486 e. The fourth-order valence-electron chi connectivity index (χ4n) is 0.683. The van der Waals surface area contributed by atoms with Crippen LogP contribution in [-0.2, 0) is 4.74 Å². The molecule has 1 heterocycles. The van der Waals surface area contributed by atoms with Gasteiger partial charge in [0.15, 0.2) is 12.2 Å². The summed E-state index contributed by atoms with van der Waals surface area (Å²) in [4.78, 5) is 7.57. The Labute approximate surface area is 70.4 Å². The van der Waals surface area contributed by atoms with E-state index in [1.807, 2.05) is 0 Å². The third kappa shape index (κ3) is 2.16. The zero-order chi connectivity index (χ0) is 8.81. The second kappa shape index (κ2) is 4.23. The lowest BCUT2D eigenvalue weighted by molar-refractivity contribution is 0.423. The smallest absolute Gasteiger partial charge is 0.175 e. The molecule has 0 bridgehead atoms. The Morgan fingerprint density at radius 3 is 3.17 bits per heavy atom. The summed E-state index contributed by atoms with van der Waals surface area (Å²) in [6.07, 6.45) is 4.45. The van der Waals surface area contributed by atoms with Gasteiger partial charge in [0.2, 0.25) is 0 Å². The minimum atomic E-state index is 0.143. The topological polar surface area (TPSA) is 58.3 Å².